The molecular formula is C12H16N2OS. The Kier molecular flexibility index (Phi) is 4.10. The second-order valence-corrected chi connectivity index (χ2v) is 5.06. The van der Waals surface area contributed by atoms with Gasteiger partial charge >= 0.3 is 0 Å². The highest BCUT2D eigenvalue weighted by Gasteiger charge is 2.20. The average Bonchev–Trinajstić information content (AvgIpc) is 2.83. The van der Waals surface area contributed by atoms with Crippen LogP contribution in [0.1, 0.15) is 37.0 Å². The van der Waals surface area contributed by atoms with Crippen LogP contribution in [0, 0.1) is 5.92 Å². The summed E-state index contributed by atoms with van der Waals surface area (Å²) in [5, 5.41) is 5.97. The number of thiophene rings is 1. The molecule has 1 fully saturated rings. The van der Waals surface area contributed by atoms with Gasteiger partial charge in [0.15, 0.2) is 0 Å². The summed E-state index contributed by atoms with van der Waals surface area (Å²) >= 11 is 1.61. The van der Waals surface area contributed by atoms with E-state index in [-0.39, 0.29) is 11.8 Å². The number of hydrazone groups is 1. The number of amides is 1. The highest BCUT2D eigenvalue weighted by atomic mass is 32.1. The van der Waals surface area contributed by atoms with Crippen molar-refractivity contribution >= 4 is 23.5 Å². The molecule has 0 atom stereocenters. The highest BCUT2D eigenvalue weighted by Crippen LogP contribution is 2.23. The molecule has 16 heavy (non-hydrogen) atoms. The van der Waals surface area contributed by atoms with E-state index in [2.05, 4.69) is 10.5 Å². The van der Waals surface area contributed by atoms with Crippen LogP contribution in [0.5, 0.6) is 0 Å². The smallest absolute Gasteiger partial charge is 0.243 e. The average molecular weight is 236 g/mol. The largest absolute Gasteiger partial charge is 0.273 e. The third kappa shape index (κ3) is 3.17. The second-order valence-electron chi connectivity index (χ2n) is 4.08. The van der Waals surface area contributed by atoms with Gasteiger partial charge in [-0.15, -0.1) is 11.3 Å². The van der Waals surface area contributed by atoms with Gasteiger partial charge < -0.3 is 0 Å². The van der Waals surface area contributed by atoms with Crippen molar-refractivity contribution < 1.29 is 4.79 Å². The van der Waals surface area contributed by atoms with Crippen molar-refractivity contribution in [2.24, 2.45) is 11.0 Å². The molecule has 1 amide bonds. The van der Waals surface area contributed by atoms with Gasteiger partial charge in [-0.3, -0.25) is 4.79 Å². The van der Waals surface area contributed by atoms with Crippen molar-refractivity contribution in [3.8, 4) is 0 Å². The van der Waals surface area contributed by atoms with Crippen LogP contribution in [-0.2, 0) is 4.79 Å². The molecule has 0 saturated heterocycles. The lowest BCUT2D eigenvalue weighted by Gasteiger charge is -2.19. The first-order valence-corrected chi connectivity index (χ1v) is 6.60. The zero-order chi connectivity index (χ0) is 11.2. The molecule has 0 aromatic carbocycles. The molecule has 86 valence electrons. The molecule has 1 aromatic heterocycles. The zero-order valence-electron chi connectivity index (χ0n) is 9.19. The van der Waals surface area contributed by atoms with E-state index in [1.54, 1.807) is 17.6 Å². The van der Waals surface area contributed by atoms with Crippen molar-refractivity contribution in [2.75, 3.05) is 0 Å². The summed E-state index contributed by atoms with van der Waals surface area (Å²) in [5.41, 5.74) is 2.63. The number of nitrogens with one attached hydrogen (secondary N) is 1. The minimum absolute atomic E-state index is 0.0764. The first-order chi connectivity index (χ1) is 7.86. The fourth-order valence-electron chi connectivity index (χ4n) is 1.98. The monoisotopic (exact) mass is 236 g/mol. The molecule has 1 aliphatic carbocycles. The van der Waals surface area contributed by atoms with Gasteiger partial charge in [-0.25, -0.2) is 5.43 Å². The van der Waals surface area contributed by atoms with Crippen LogP contribution in [0.2, 0.25) is 0 Å². The Bertz CT molecular complexity index is 353. The predicted molar refractivity (Wildman–Crippen MR) is 66.6 cm³/mol. The van der Waals surface area contributed by atoms with Crippen molar-refractivity contribution in [2.45, 2.75) is 32.1 Å². The third-order valence-electron chi connectivity index (χ3n) is 2.89. The number of carbonyl (C=O) groups is 1. The molecule has 0 spiro atoms. The minimum Gasteiger partial charge on any atom is -0.273 e. The molecule has 1 saturated carbocycles. The van der Waals surface area contributed by atoms with E-state index >= 15 is 0 Å². The van der Waals surface area contributed by atoms with Crippen LogP contribution in [0.15, 0.2) is 22.6 Å². The van der Waals surface area contributed by atoms with E-state index in [1.807, 2.05) is 17.5 Å². The number of nitrogens with zero attached hydrogens (tertiary/aromatic N) is 1. The summed E-state index contributed by atoms with van der Waals surface area (Å²) in [6.45, 7) is 0. The molecule has 1 aromatic rings. The predicted octanol–water partition coefficient (Wildman–Crippen LogP) is 2.78. The first kappa shape index (κ1) is 11.3. The Balaban J connectivity index is 1.78. The van der Waals surface area contributed by atoms with Gasteiger partial charge in [-0.1, -0.05) is 25.3 Å². The van der Waals surface area contributed by atoms with E-state index in [9.17, 15) is 4.79 Å². The minimum atomic E-state index is 0.0764. The maximum atomic E-state index is 11.7. The molecule has 0 unspecified atom stereocenters. The van der Waals surface area contributed by atoms with E-state index < -0.39 is 0 Å². The van der Waals surface area contributed by atoms with Crippen LogP contribution in [0.25, 0.3) is 0 Å². The number of hydrogen-bond donors (Lipinski definition) is 1. The topological polar surface area (TPSA) is 41.5 Å². The summed E-state index contributed by atoms with van der Waals surface area (Å²) in [5.74, 6) is 0.252. The van der Waals surface area contributed by atoms with E-state index in [0.717, 1.165) is 17.7 Å². The van der Waals surface area contributed by atoms with E-state index in [4.69, 9.17) is 0 Å². The number of carbonyl (C=O) groups excluding carboxylic acids is 1. The van der Waals surface area contributed by atoms with Crippen LogP contribution < -0.4 is 5.43 Å². The molecule has 0 radical (unpaired) electrons. The van der Waals surface area contributed by atoms with Crippen molar-refractivity contribution in [3.63, 3.8) is 0 Å². The summed E-state index contributed by atoms with van der Waals surface area (Å²) in [7, 11) is 0. The van der Waals surface area contributed by atoms with Gasteiger partial charge in [0.05, 0.1) is 6.21 Å². The van der Waals surface area contributed by atoms with Gasteiger partial charge in [0, 0.05) is 10.8 Å². The first-order valence-electron chi connectivity index (χ1n) is 5.72. The van der Waals surface area contributed by atoms with Gasteiger partial charge in [0.1, 0.15) is 0 Å². The maximum absolute atomic E-state index is 11.7. The lowest BCUT2D eigenvalue weighted by Crippen LogP contribution is -2.28. The molecule has 3 nitrogen and oxygen atoms in total. The summed E-state index contributed by atoms with van der Waals surface area (Å²) in [6, 6.07) is 3.94. The Hall–Kier alpha value is -1.16. The lowest BCUT2D eigenvalue weighted by atomic mass is 9.89. The SMILES string of the molecule is O=C(N/N=C/c1cccs1)C1CCCCC1. The Morgan fingerprint density at radius 3 is 2.94 bits per heavy atom. The fourth-order valence-corrected chi connectivity index (χ4v) is 2.57. The molecular weight excluding hydrogens is 220 g/mol. The van der Waals surface area contributed by atoms with Crippen molar-refractivity contribution in [1.29, 1.82) is 0 Å². The lowest BCUT2D eigenvalue weighted by molar-refractivity contribution is -0.125. The van der Waals surface area contributed by atoms with Crippen LogP contribution in [-0.4, -0.2) is 12.1 Å². The van der Waals surface area contributed by atoms with Gasteiger partial charge in [0.25, 0.3) is 0 Å². The van der Waals surface area contributed by atoms with Crippen LogP contribution in [0.3, 0.4) is 0 Å². The third-order valence-corrected chi connectivity index (χ3v) is 3.69. The number of rotatable bonds is 3. The maximum Gasteiger partial charge on any atom is 0.243 e. The molecule has 4 heteroatoms. The van der Waals surface area contributed by atoms with Crippen LogP contribution >= 0.6 is 11.3 Å². The molecule has 0 aliphatic heterocycles. The van der Waals surface area contributed by atoms with E-state index in [1.165, 1.54) is 19.3 Å². The molecule has 1 heterocycles. The molecule has 2 rings (SSSR count). The normalized spacial score (nSPS) is 17.8. The number of hydrogen-bond acceptors (Lipinski definition) is 3. The Morgan fingerprint density at radius 1 is 1.44 bits per heavy atom. The highest BCUT2D eigenvalue weighted by molar-refractivity contribution is 7.11. The molecule has 1 N–H and O–H groups in total. The molecule has 1 aliphatic rings. The van der Waals surface area contributed by atoms with Gasteiger partial charge in [-0.05, 0) is 24.3 Å². The quantitative estimate of drug-likeness (QED) is 0.636. The summed E-state index contributed by atoms with van der Waals surface area (Å²) < 4.78 is 0. The zero-order valence-corrected chi connectivity index (χ0v) is 10.0. The van der Waals surface area contributed by atoms with Crippen molar-refractivity contribution in [3.05, 3.63) is 22.4 Å². The fraction of sp³-hybridized carbons (Fsp3) is 0.500. The Labute approximate surface area is 99.6 Å². The standard InChI is InChI=1S/C12H16N2OS/c15-12(10-5-2-1-3-6-10)14-13-9-11-7-4-8-16-11/h4,7-10H,1-3,5-6H2,(H,14,15)/b13-9+. The second kappa shape index (κ2) is 5.80. The van der Waals surface area contributed by atoms with Crippen molar-refractivity contribution in [1.82, 2.24) is 5.43 Å². The van der Waals surface area contributed by atoms with E-state index in [0.29, 0.717) is 0 Å². The summed E-state index contributed by atoms with van der Waals surface area (Å²) in [6.07, 6.45) is 7.34. The molecule has 0 bridgehead atoms. The van der Waals surface area contributed by atoms with Crippen LogP contribution in [0.4, 0.5) is 0 Å². The van der Waals surface area contributed by atoms with Gasteiger partial charge in [-0.2, -0.15) is 5.10 Å². The Morgan fingerprint density at radius 2 is 2.25 bits per heavy atom. The summed E-state index contributed by atoms with van der Waals surface area (Å²) in [4.78, 5) is 12.8. The van der Waals surface area contributed by atoms with Gasteiger partial charge in [0.2, 0.25) is 5.91 Å².